The molecule has 0 spiro atoms. The van der Waals surface area contributed by atoms with Crippen LogP contribution in [0.15, 0.2) is 30.5 Å². The van der Waals surface area contributed by atoms with E-state index < -0.39 is 0 Å². The lowest BCUT2D eigenvalue weighted by molar-refractivity contribution is -0.122. The number of rotatable bonds is 4. The third-order valence-electron chi connectivity index (χ3n) is 9.20. The average molecular weight is 434 g/mol. The number of nitrogens with one attached hydrogen (secondary N) is 2. The van der Waals surface area contributed by atoms with Gasteiger partial charge in [-0.1, -0.05) is 31.2 Å². The lowest BCUT2D eigenvalue weighted by atomic mass is 9.53. The summed E-state index contributed by atoms with van der Waals surface area (Å²) in [7, 11) is 0. The zero-order chi connectivity index (χ0) is 21.7. The summed E-state index contributed by atoms with van der Waals surface area (Å²) in [5.41, 5.74) is 5.95. The fraction of sp³-hybridized carbons (Fsp3) is 0.630. The molecule has 5 nitrogen and oxygen atoms in total. The van der Waals surface area contributed by atoms with Gasteiger partial charge in [0, 0.05) is 37.3 Å². The maximum atomic E-state index is 12.8. The first-order valence-electron chi connectivity index (χ1n) is 12.6. The van der Waals surface area contributed by atoms with E-state index in [0.29, 0.717) is 30.1 Å². The van der Waals surface area contributed by atoms with E-state index in [9.17, 15) is 4.79 Å². The molecule has 4 aliphatic rings. The molecule has 3 unspecified atom stereocenters. The second kappa shape index (κ2) is 8.02. The van der Waals surface area contributed by atoms with E-state index in [0.717, 1.165) is 32.5 Å². The molecule has 2 heterocycles. The average Bonchev–Trinajstić information content (AvgIpc) is 3.39. The highest BCUT2D eigenvalue weighted by atomic mass is 16.5. The van der Waals surface area contributed by atoms with Gasteiger partial charge in [0.25, 0.3) is 0 Å². The Kier molecular flexibility index (Phi) is 5.13. The molecule has 32 heavy (non-hydrogen) atoms. The molecule has 1 aromatic carbocycles. The quantitative estimate of drug-likeness (QED) is 0.741. The number of amides is 1. The number of aromatic amines is 1. The standard InChI is InChI=1S/C27H35N3O2/c1-27-13-10-20-19-5-3-2-4-17(19)6-7-21(20)25(27)22(23-16-28-30-26(23)27)8-9-24(31)29-18-11-14-32-15-12-18/h2-5,16,18,20-22,25H,6-15H2,1H3,(H,28,30)(H,29,31)/t20?,21?,22-,25?,27+/m1/s1. The molecule has 1 aromatic heterocycles. The van der Waals surface area contributed by atoms with Gasteiger partial charge in [-0.3, -0.25) is 9.89 Å². The number of fused-ring (bicyclic) bond motifs is 7. The zero-order valence-electron chi connectivity index (χ0n) is 19.1. The van der Waals surface area contributed by atoms with Crippen LogP contribution >= 0.6 is 0 Å². The summed E-state index contributed by atoms with van der Waals surface area (Å²) in [6, 6.07) is 9.39. The van der Waals surface area contributed by atoms with E-state index in [2.05, 4.69) is 47.8 Å². The number of H-pyrrole nitrogens is 1. The van der Waals surface area contributed by atoms with E-state index in [4.69, 9.17) is 9.84 Å². The van der Waals surface area contributed by atoms with E-state index in [1.807, 2.05) is 0 Å². The Labute approximate surface area is 190 Å². The Bertz CT molecular complexity index is 994. The van der Waals surface area contributed by atoms with Crippen molar-refractivity contribution in [2.24, 2.45) is 11.8 Å². The minimum Gasteiger partial charge on any atom is -0.381 e. The number of carbonyl (C=O) groups excluding carboxylic acids is 1. The minimum absolute atomic E-state index is 0.130. The fourth-order valence-corrected chi connectivity index (χ4v) is 7.79. The van der Waals surface area contributed by atoms with Crippen molar-refractivity contribution in [1.29, 1.82) is 0 Å². The second-order valence-electron chi connectivity index (χ2n) is 10.8. The van der Waals surface area contributed by atoms with Crippen molar-refractivity contribution in [3.63, 3.8) is 0 Å². The van der Waals surface area contributed by atoms with Crippen LogP contribution in [-0.2, 0) is 21.4 Å². The first kappa shape index (κ1) is 20.5. The van der Waals surface area contributed by atoms with Crippen molar-refractivity contribution in [2.45, 2.75) is 81.6 Å². The van der Waals surface area contributed by atoms with Crippen molar-refractivity contribution < 1.29 is 9.53 Å². The highest BCUT2D eigenvalue weighted by Gasteiger charge is 2.58. The molecule has 6 rings (SSSR count). The summed E-state index contributed by atoms with van der Waals surface area (Å²) >= 11 is 0. The molecule has 0 radical (unpaired) electrons. The summed E-state index contributed by atoms with van der Waals surface area (Å²) in [6.07, 6.45) is 10.4. The van der Waals surface area contributed by atoms with Gasteiger partial charge in [0.2, 0.25) is 5.91 Å². The summed E-state index contributed by atoms with van der Waals surface area (Å²) in [6.45, 7) is 3.98. The number of nitrogens with zero attached hydrogens (tertiary/aromatic N) is 1. The smallest absolute Gasteiger partial charge is 0.220 e. The first-order valence-corrected chi connectivity index (χ1v) is 12.6. The molecule has 170 valence electrons. The Morgan fingerprint density at radius 1 is 1.19 bits per heavy atom. The van der Waals surface area contributed by atoms with Crippen LogP contribution in [0.5, 0.6) is 0 Å². The van der Waals surface area contributed by atoms with Crippen LogP contribution in [0.4, 0.5) is 0 Å². The summed E-state index contributed by atoms with van der Waals surface area (Å²) in [4.78, 5) is 12.8. The van der Waals surface area contributed by atoms with Crippen molar-refractivity contribution in [3.8, 4) is 0 Å². The molecular weight excluding hydrogens is 398 g/mol. The third-order valence-corrected chi connectivity index (χ3v) is 9.20. The zero-order valence-corrected chi connectivity index (χ0v) is 19.1. The van der Waals surface area contributed by atoms with Crippen LogP contribution in [0.3, 0.4) is 0 Å². The van der Waals surface area contributed by atoms with Gasteiger partial charge in [0.1, 0.15) is 0 Å². The minimum atomic E-state index is 0.130. The van der Waals surface area contributed by atoms with Gasteiger partial charge in [0.15, 0.2) is 0 Å². The Morgan fingerprint density at radius 3 is 2.91 bits per heavy atom. The third kappa shape index (κ3) is 3.23. The molecule has 1 saturated carbocycles. The second-order valence-corrected chi connectivity index (χ2v) is 10.8. The van der Waals surface area contributed by atoms with Crippen LogP contribution < -0.4 is 5.32 Å². The number of carbonyl (C=O) groups is 1. The van der Waals surface area contributed by atoms with Gasteiger partial charge in [-0.15, -0.1) is 0 Å². The molecule has 2 fully saturated rings. The SMILES string of the molecule is C[C@]12CCC3c4ccccc4CCC3C1[C@H](CCC(=O)NC1CCOCC1)c1c[nH]nc12. The number of aromatic nitrogens is 2. The van der Waals surface area contributed by atoms with Gasteiger partial charge in [-0.25, -0.2) is 0 Å². The van der Waals surface area contributed by atoms with E-state index in [-0.39, 0.29) is 17.4 Å². The fourth-order valence-electron chi connectivity index (χ4n) is 7.79. The van der Waals surface area contributed by atoms with Gasteiger partial charge in [-0.2, -0.15) is 5.10 Å². The molecule has 5 atom stereocenters. The van der Waals surface area contributed by atoms with Crippen molar-refractivity contribution in [1.82, 2.24) is 15.5 Å². The molecule has 2 aromatic rings. The van der Waals surface area contributed by atoms with Crippen LogP contribution in [0.25, 0.3) is 0 Å². The molecule has 2 N–H and O–H groups in total. The van der Waals surface area contributed by atoms with Gasteiger partial charge >= 0.3 is 0 Å². The Morgan fingerprint density at radius 2 is 2.03 bits per heavy atom. The molecule has 5 heteroatoms. The van der Waals surface area contributed by atoms with E-state index in [1.165, 1.54) is 36.9 Å². The molecule has 1 saturated heterocycles. The Balaban J connectivity index is 1.24. The maximum Gasteiger partial charge on any atom is 0.220 e. The van der Waals surface area contributed by atoms with E-state index >= 15 is 0 Å². The lowest BCUT2D eigenvalue weighted by Crippen LogP contribution is -2.45. The molecular formula is C27H35N3O2. The van der Waals surface area contributed by atoms with Crippen LogP contribution in [0.1, 0.15) is 86.1 Å². The number of ether oxygens (including phenoxy) is 1. The van der Waals surface area contributed by atoms with Gasteiger partial charge in [0.05, 0.1) is 5.69 Å². The number of aryl methyl sites for hydroxylation is 1. The van der Waals surface area contributed by atoms with Crippen molar-refractivity contribution >= 4 is 5.91 Å². The summed E-state index contributed by atoms with van der Waals surface area (Å²) in [5, 5.41) is 11.2. The number of hydrogen-bond acceptors (Lipinski definition) is 3. The molecule has 1 aliphatic heterocycles. The monoisotopic (exact) mass is 433 g/mol. The van der Waals surface area contributed by atoms with E-state index in [1.54, 1.807) is 11.1 Å². The Hall–Kier alpha value is -2.14. The normalized spacial score (nSPS) is 33.7. The van der Waals surface area contributed by atoms with Crippen LogP contribution in [0.2, 0.25) is 0 Å². The van der Waals surface area contributed by atoms with Crippen molar-refractivity contribution in [2.75, 3.05) is 13.2 Å². The van der Waals surface area contributed by atoms with Gasteiger partial charge in [-0.05, 0) is 85.3 Å². The van der Waals surface area contributed by atoms with Crippen LogP contribution in [0, 0.1) is 11.8 Å². The first-order chi connectivity index (χ1) is 15.6. The topological polar surface area (TPSA) is 67.0 Å². The summed E-state index contributed by atoms with van der Waals surface area (Å²) in [5.74, 6) is 2.55. The molecule has 0 bridgehead atoms. The summed E-state index contributed by atoms with van der Waals surface area (Å²) < 4.78 is 5.44. The predicted octanol–water partition coefficient (Wildman–Crippen LogP) is 4.60. The van der Waals surface area contributed by atoms with Crippen molar-refractivity contribution in [3.05, 3.63) is 52.8 Å². The molecule has 1 amide bonds. The highest BCUT2D eigenvalue weighted by molar-refractivity contribution is 5.76. The lowest BCUT2D eigenvalue weighted by Gasteiger charge is -2.50. The largest absolute Gasteiger partial charge is 0.381 e. The molecule has 3 aliphatic carbocycles. The van der Waals surface area contributed by atoms with Crippen LogP contribution in [-0.4, -0.2) is 35.4 Å². The number of benzene rings is 1. The number of hydrogen-bond donors (Lipinski definition) is 2. The van der Waals surface area contributed by atoms with Gasteiger partial charge < -0.3 is 10.1 Å². The predicted molar refractivity (Wildman–Crippen MR) is 124 cm³/mol. The highest BCUT2D eigenvalue weighted by Crippen LogP contribution is 2.64. The maximum absolute atomic E-state index is 12.8.